The van der Waals surface area contributed by atoms with Gasteiger partial charge < -0.3 is 15.2 Å². The van der Waals surface area contributed by atoms with E-state index in [9.17, 15) is 18.0 Å². The number of benzene rings is 2. The van der Waals surface area contributed by atoms with Gasteiger partial charge in [0, 0.05) is 42.8 Å². The Morgan fingerprint density at radius 3 is 2.35 bits per heavy atom. The Morgan fingerprint density at radius 2 is 1.71 bits per heavy atom. The summed E-state index contributed by atoms with van der Waals surface area (Å²) in [5.41, 5.74) is 1.82. The van der Waals surface area contributed by atoms with Gasteiger partial charge in [-0.1, -0.05) is 39.8 Å². The monoisotopic (exact) mass is 484 g/mol. The summed E-state index contributed by atoms with van der Waals surface area (Å²) in [4.78, 5) is 26.2. The molecule has 0 spiro atoms. The number of fused-ring (bicyclic) bond motifs is 1. The Morgan fingerprint density at radius 1 is 1.03 bits per heavy atom. The van der Waals surface area contributed by atoms with Crippen molar-refractivity contribution in [3.63, 3.8) is 0 Å². The third-order valence-corrected chi connectivity index (χ3v) is 7.91. The first-order valence-electron chi connectivity index (χ1n) is 11.4. The maximum Gasteiger partial charge on any atom is 0.251 e. The second-order valence-electron chi connectivity index (χ2n) is 8.47. The number of carbonyl (C=O) groups excluding carboxylic acids is 2. The van der Waals surface area contributed by atoms with E-state index in [1.165, 1.54) is 28.6 Å². The molecule has 0 radical (unpaired) electrons. The second-order valence-corrected chi connectivity index (χ2v) is 10.4. The molecule has 3 aromatic rings. The molecule has 1 unspecified atom stereocenters. The number of nitrogens with zero attached hydrogens (tertiary/aromatic N) is 2. The number of hydrogen-bond donors (Lipinski definition) is 2. The Labute approximate surface area is 201 Å². The number of hydrogen-bond acceptors (Lipinski definition) is 4. The summed E-state index contributed by atoms with van der Waals surface area (Å²) in [5.74, 6) is -1.04. The van der Waals surface area contributed by atoms with Gasteiger partial charge in [0.1, 0.15) is 6.04 Å². The van der Waals surface area contributed by atoms with E-state index in [0.29, 0.717) is 18.8 Å². The smallest absolute Gasteiger partial charge is 0.251 e. The Bertz CT molecular complexity index is 1290. The molecule has 0 saturated carbocycles. The van der Waals surface area contributed by atoms with E-state index in [1.54, 1.807) is 13.8 Å². The van der Waals surface area contributed by atoms with E-state index in [4.69, 9.17) is 0 Å². The van der Waals surface area contributed by atoms with Crippen molar-refractivity contribution in [1.29, 1.82) is 0 Å². The van der Waals surface area contributed by atoms with Gasteiger partial charge in [-0.2, -0.15) is 4.31 Å². The Balaban J connectivity index is 1.82. The van der Waals surface area contributed by atoms with Gasteiger partial charge >= 0.3 is 0 Å². The molecule has 8 nitrogen and oxygen atoms in total. The summed E-state index contributed by atoms with van der Waals surface area (Å²) in [5, 5.41) is 6.61. The fourth-order valence-electron chi connectivity index (χ4n) is 3.89. The molecule has 0 saturated heterocycles. The van der Waals surface area contributed by atoms with Crippen LogP contribution in [0.3, 0.4) is 0 Å². The van der Waals surface area contributed by atoms with Gasteiger partial charge in [0.05, 0.1) is 10.6 Å². The van der Waals surface area contributed by atoms with Crippen molar-refractivity contribution in [2.24, 2.45) is 13.0 Å². The van der Waals surface area contributed by atoms with Crippen molar-refractivity contribution in [3.05, 3.63) is 60.3 Å². The largest absolute Gasteiger partial charge is 0.350 e. The minimum absolute atomic E-state index is 0.0464. The molecule has 0 aliphatic carbocycles. The van der Waals surface area contributed by atoms with Gasteiger partial charge in [-0.3, -0.25) is 9.59 Å². The highest BCUT2D eigenvalue weighted by Gasteiger charge is 2.27. The molecule has 1 aromatic heterocycles. The molecule has 0 fully saturated rings. The number of nitrogens with one attached hydrogen (secondary N) is 2. The molecule has 0 bridgehead atoms. The summed E-state index contributed by atoms with van der Waals surface area (Å²) in [6.07, 6.45) is 1.92. The van der Waals surface area contributed by atoms with E-state index in [2.05, 4.69) is 10.6 Å². The zero-order valence-corrected chi connectivity index (χ0v) is 21.0. The third kappa shape index (κ3) is 5.15. The summed E-state index contributed by atoms with van der Waals surface area (Å²) in [6.45, 7) is 7.88. The fourth-order valence-corrected chi connectivity index (χ4v) is 5.40. The average molecular weight is 485 g/mol. The maximum absolute atomic E-state index is 13.1. The number of rotatable bonds is 9. The van der Waals surface area contributed by atoms with Gasteiger partial charge in [-0.25, -0.2) is 8.42 Å². The summed E-state index contributed by atoms with van der Waals surface area (Å²) in [7, 11) is -1.78. The highest BCUT2D eigenvalue weighted by atomic mass is 32.2. The minimum Gasteiger partial charge on any atom is -0.350 e. The maximum atomic E-state index is 13.1. The number of aryl methyl sites for hydroxylation is 1. The Kier molecular flexibility index (Phi) is 7.78. The molecule has 3 rings (SSSR count). The van der Waals surface area contributed by atoms with Crippen LogP contribution in [0.1, 0.15) is 38.1 Å². The van der Waals surface area contributed by atoms with E-state index in [0.717, 1.165) is 10.9 Å². The fraction of sp³-hybridized carbons (Fsp3) is 0.360. The third-order valence-electron chi connectivity index (χ3n) is 5.86. The lowest BCUT2D eigenvalue weighted by Crippen LogP contribution is -2.47. The molecular weight excluding hydrogens is 452 g/mol. The molecule has 0 aliphatic rings. The van der Waals surface area contributed by atoms with Crippen molar-refractivity contribution in [2.75, 3.05) is 18.4 Å². The molecule has 34 heavy (non-hydrogen) atoms. The van der Waals surface area contributed by atoms with Crippen LogP contribution >= 0.6 is 0 Å². The van der Waals surface area contributed by atoms with Gasteiger partial charge in [0.15, 0.2) is 0 Å². The summed E-state index contributed by atoms with van der Waals surface area (Å²) in [6, 6.07) is 12.7. The van der Waals surface area contributed by atoms with Crippen molar-refractivity contribution in [2.45, 2.75) is 38.6 Å². The van der Waals surface area contributed by atoms with Crippen LogP contribution in [0, 0.1) is 5.92 Å². The quantitative estimate of drug-likeness (QED) is 0.485. The number of sulfonamides is 1. The molecule has 1 atom stereocenters. The molecule has 2 N–H and O–H groups in total. The molecule has 0 aliphatic heterocycles. The van der Waals surface area contributed by atoms with E-state index < -0.39 is 22.0 Å². The van der Waals surface area contributed by atoms with Crippen molar-refractivity contribution in [3.8, 4) is 0 Å². The lowest BCUT2D eigenvalue weighted by molar-refractivity contribution is -0.118. The molecule has 2 aromatic carbocycles. The summed E-state index contributed by atoms with van der Waals surface area (Å²) >= 11 is 0. The number of aromatic nitrogens is 1. The average Bonchev–Trinajstić information content (AvgIpc) is 3.19. The van der Waals surface area contributed by atoms with Crippen LogP contribution in [0.4, 0.5) is 5.69 Å². The van der Waals surface area contributed by atoms with Crippen LogP contribution in [-0.4, -0.2) is 48.2 Å². The second kappa shape index (κ2) is 10.4. The summed E-state index contributed by atoms with van der Waals surface area (Å²) < 4.78 is 29.0. The molecule has 2 amide bonds. The lowest BCUT2D eigenvalue weighted by atomic mass is 10.0. The zero-order valence-electron chi connectivity index (χ0n) is 20.2. The minimum atomic E-state index is -3.71. The normalized spacial score (nSPS) is 12.8. The van der Waals surface area contributed by atoms with Crippen LogP contribution in [-0.2, 0) is 21.9 Å². The first-order chi connectivity index (χ1) is 16.1. The highest BCUT2D eigenvalue weighted by Crippen LogP contribution is 2.24. The van der Waals surface area contributed by atoms with E-state index in [1.807, 2.05) is 55.9 Å². The van der Waals surface area contributed by atoms with Crippen molar-refractivity contribution < 1.29 is 18.0 Å². The van der Waals surface area contributed by atoms with Crippen LogP contribution in [0.15, 0.2) is 59.6 Å². The number of carbonyl (C=O) groups is 2. The van der Waals surface area contributed by atoms with E-state index in [-0.39, 0.29) is 22.3 Å². The van der Waals surface area contributed by atoms with Crippen LogP contribution in [0.25, 0.3) is 10.9 Å². The molecular formula is C25H32N4O4S. The van der Waals surface area contributed by atoms with Crippen LogP contribution in [0.5, 0.6) is 0 Å². The molecule has 9 heteroatoms. The lowest BCUT2D eigenvalue weighted by Gasteiger charge is -2.22. The van der Waals surface area contributed by atoms with Gasteiger partial charge in [0.2, 0.25) is 15.9 Å². The van der Waals surface area contributed by atoms with Gasteiger partial charge in [-0.05, 0) is 42.3 Å². The SMILES string of the molecule is CCN(CC)S(=O)(=O)c1cccc(C(=O)NC(C(=O)Nc2cccc3c2ccn3C)C(C)C)c1. The first-order valence-corrected chi connectivity index (χ1v) is 12.8. The predicted octanol–water partition coefficient (Wildman–Crippen LogP) is 3.60. The molecule has 182 valence electrons. The number of amides is 2. The van der Waals surface area contributed by atoms with E-state index >= 15 is 0 Å². The highest BCUT2D eigenvalue weighted by molar-refractivity contribution is 7.89. The topological polar surface area (TPSA) is 101 Å². The van der Waals surface area contributed by atoms with Crippen LogP contribution in [0.2, 0.25) is 0 Å². The first kappa shape index (κ1) is 25.5. The molecule has 1 heterocycles. The van der Waals surface area contributed by atoms with Crippen LogP contribution < -0.4 is 10.6 Å². The van der Waals surface area contributed by atoms with Gasteiger partial charge in [0.25, 0.3) is 5.91 Å². The van der Waals surface area contributed by atoms with Crippen molar-refractivity contribution >= 4 is 38.4 Å². The number of anilines is 1. The predicted molar refractivity (Wildman–Crippen MR) is 134 cm³/mol. The van der Waals surface area contributed by atoms with Crippen molar-refractivity contribution in [1.82, 2.24) is 14.2 Å². The standard InChI is InChI=1S/C25H32N4O4S/c1-6-29(7-2)34(32,33)19-11-8-10-18(16-19)24(30)27-23(17(3)4)25(31)26-21-12-9-13-22-20(21)14-15-28(22)5/h8-17,23H,6-7H2,1-5H3,(H,26,31)(H,27,30). The zero-order chi connectivity index (χ0) is 25.0. The van der Waals surface area contributed by atoms with Gasteiger partial charge in [-0.15, -0.1) is 0 Å². The Hall–Kier alpha value is -3.17.